The highest BCUT2D eigenvalue weighted by atomic mass is 32.2. The van der Waals surface area contributed by atoms with Crippen molar-refractivity contribution in [3.8, 4) is 11.3 Å². The highest BCUT2D eigenvalue weighted by molar-refractivity contribution is 7.89. The van der Waals surface area contributed by atoms with Crippen molar-refractivity contribution in [2.75, 3.05) is 18.7 Å². The third-order valence-electron chi connectivity index (χ3n) is 5.05. The van der Waals surface area contributed by atoms with Crippen LogP contribution in [0.15, 0.2) is 59.9 Å². The highest BCUT2D eigenvalue weighted by Crippen LogP contribution is 2.34. The Morgan fingerprint density at radius 2 is 1.84 bits per heavy atom. The van der Waals surface area contributed by atoms with Crippen LogP contribution < -0.4 is 5.32 Å². The fourth-order valence-electron chi connectivity index (χ4n) is 3.13. The van der Waals surface area contributed by atoms with E-state index in [1.54, 1.807) is 36.3 Å². The fraction of sp³-hybridized carbons (Fsp3) is 0.286. The molecule has 2 aromatic carbocycles. The largest absolute Gasteiger partial charge is 0.416 e. The van der Waals surface area contributed by atoms with Crippen molar-refractivity contribution in [3.05, 3.63) is 66.1 Å². The molecule has 2 atom stereocenters. The topological polar surface area (TPSA) is 67.2 Å². The van der Waals surface area contributed by atoms with E-state index in [4.69, 9.17) is 0 Å². The summed E-state index contributed by atoms with van der Waals surface area (Å²) in [5.41, 5.74) is 1.70. The minimum absolute atomic E-state index is 0.121. The van der Waals surface area contributed by atoms with E-state index in [1.807, 2.05) is 6.92 Å². The van der Waals surface area contributed by atoms with Gasteiger partial charge in [0.15, 0.2) is 0 Å². The molecule has 172 valence electrons. The van der Waals surface area contributed by atoms with Gasteiger partial charge >= 0.3 is 6.18 Å². The Balaban J connectivity index is 1.98. The lowest BCUT2D eigenvalue weighted by molar-refractivity contribution is -0.137. The van der Waals surface area contributed by atoms with Gasteiger partial charge in [-0.1, -0.05) is 12.1 Å². The Labute approximate surface area is 187 Å². The van der Waals surface area contributed by atoms with Crippen LogP contribution in [0.5, 0.6) is 0 Å². The predicted molar refractivity (Wildman–Crippen MR) is 122 cm³/mol. The summed E-state index contributed by atoms with van der Waals surface area (Å²) in [6, 6.07) is 9.30. The molecule has 0 bridgehead atoms. The molecule has 3 rings (SSSR count). The summed E-state index contributed by atoms with van der Waals surface area (Å²) in [7, 11) is 1.98. The second-order valence-corrected chi connectivity index (χ2v) is 9.81. The van der Waals surface area contributed by atoms with Gasteiger partial charge in [-0.05, 0) is 42.8 Å². The number of halogens is 3. The molecule has 32 heavy (non-hydrogen) atoms. The van der Waals surface area contributed by atoms with Crippen LogP contribution in [0.1, 0.15) is 24.1 Å². The number of aryl methyl sites for hydroxylation is 1. The van der Waals surface area contributed by atoms with Crippen molar-refractivity contribution < 1.29 is 21.6 Å². The lowest BCUT2D eigenvalue weighted by Gasteiger charge is -2.20. The maximum atomic E-state index is 12.8. The van der Waals surface area contributed by atoms with Crippen molar-refractivity contribution in [2.24, 2.45) is 7.05 Å². The van der Waals surface area contributed by atoms with E-state index in [9.17, 15) is 21.6 Å². The van der Waals surface area contributed by atoms with Crippen molar-refractivity contribution in [2.45, 2.75) is 24.0 Å². The van der Waals surface area contributed by atoms with Crippen LogP contribution in [0.25, 0.3) is 11.3 Å². The summed E-state index contributed by atoms with van der Waals surface area (Å²) in [5.74, 6) is 0. The average molecular weight is 484 g/mol. The van der Waals surface area contributed by atoms with Crippen molar-refractivity contribution in [3.63, 3.8) is 0 Å². The zero-order valence-electron chi connectivity index (χ0n) is 17.8. The van der Waals surface area contributed by atoms with Crippen LogP contribution in [0.2, 0.25) is 0 Å². The van der Waals surface area contributed by atoms with Gasteiger partial charge in [-0.25, -0.2) is 13.4 Å². The Bertz CT molecular complexity index is 1190. The number of sulfonamides is 1. The molecular weight excluding hydrogens is 460 g/mol. The lowest BCUT2D eigenvalue weighted by Crippen LogP contribution is -2.25. The molecule has 0 radical (unpaired) electrons. The Kier molecular flexibility index (Phi) is 6.97. The number of hydrogen-bond acceptors (Lipinski definition) is 4. The van der Waals surface area contributed by atoms with Crippen LogP contribution in [0.3, 0.4) is 0 Å². The lowest BCUT2D eigenvalue weighted by atomic mass is 10.0. The van der Waals surface area contributed by atoms with Gasteiger partial charge in [0.05, 0.1) is 22.5 Å². The summed E-state index contributed by atoms with van der Waals surface area (Å²) in [6.07, 6.45) is -0.785. The second-order valence-electron chi connectivity index (χ2n) is 7.40. The quantitative estimate of drug-likeness (QED) is 0.493. The number of alkyl halides is 3. The van der Waals surface area contributed by atoms with E-state index < -0.39 is 21.8 Å². The van der Waals surface area contributed by atoms with E-state index in [1.165, 1.54) is 29.6 Å². The molecule has 0 aliphatic rings. The van der Waals surface area contributed by atoms with Crippen molar-refractivity contribution in [1.29, 1.82) is 0 Å². The number of rotatable bonds is 7. The number of aromatic nitrogens is 2. The van der Waals surface area contributed by atoms with Crippen LogP contribution >= 0.6 is 9.24 Å². The molecule has 0 saturated carbocycles. The number of benzene rings is 2. The number of hydrogen-bond donors (Lipinski definition) is 1. The van der Waals surface area contributed by atoms with E-state index in [0.29, 0.717) is 22.5 Å². The summed E-state index contributed by atoms with van der Waals surface area (Å²) < 4.78 is 67.1. The van der Waals surface area contributed by atoms with E-state index in [2.05, 4.69) is 19.5 Å². The highest BCUT2D eigenvalue weighted by Gasteiger charge is 2.30. The van der Waals surface area contributed by atoms with E-state index >= 15 is 0 Å². The van der Waals surface area contributed by atoms with Crippen LogP contribution in [0.4, 0.5) is 18.9 Å². The number of imidazole rings is 1. The molecule has 3 aromatic rings. The monoisotopic (exact) mass is 484 g/mol. The molecule has 1 unspecified atom stereocenters. The number of anilines is 1. The third-order valence-corrected chi connectivity index (χ3v) is 7.68. The number of nitrogens with zero attached hydrogens (tertiary/aromatic N) is 3. The molecule has 1 heterocycles. The molecule has 0 aliphatic heterocycles. The first-order valence-corrected chi connectivity index (χ1v) is 11.9. The van der Waals surface area contributed by atoms with E-state index in [0.717, 1.165) is 12.1 Å². The van der Waals surface area contributed by atoms with Crippen molar-refractivity contribution >= 4 is 25.0 Å². The van der Waals surface area contributed by atoms with Gasteiger partial charge in [-0.15, -0.1) is 9.24 Å². The molecule has 1 N–H and O–H groups in total. The zero-order chi connectivity index (χ0) is 23.7. The maximum Gasteiger partial charge on any atom is 0.416 e. The van der Waals surface area contributed by atoms with Gasteiger partial charge in [0.2, 0.25) is 10.0 Å². The second kappa shape index (κ2) is 9.21. The van der Waals surface area contributed by atoms with Crippen LogP contribution in [0, 0.1) is 0 Å². The molecule has 0 aliphatic carbocycles. The molecule has 6 nitrogen and oxygen atoms in total. The standard InChI is InChI=1S/C21H24F3N4O2PS/c1-14(15-4-6-16(7-5-15)21(22,23)24)26-19-9-8-17(32(29,30)28(3)13-31)10-18(19)20-11-27(2)12-25-20/h4-12,14,26H,13,31H2,1-3H3/t14-/m0/s1. The molecule has 0 fully saturated rings. The normalized spacial score (nSPS) is 13.4. The minimum Gasteiger partial charge on any atom is -0.378 e. The third kappa shape index (κ3) is 5.14. The maximum absolute atomic E-state index is 12.8. The fourth-order valence-corrected chi connectivity index (χ4v) is 4.78. The Morgan fingerprint density at radius 1 is 1.19 bits per heavy atom. The molecule has 1 aromatic heterocycles. The van der Waals surface area contributed by atoms with Crippen molar-refractivity contribution in [1.82, 2.24) is 13.9 Å². The van der Waals surface area contributed by atoms with Gasteiger partial charge < -0.3 is 9.88 Å². The zero-order valence-corrected chi connectivity index (χ0v) is 19.7. The van der Waals surface area contributed by atoms with E-state index in [-0.39, 0.29) is 17.2 Å². The summed E-state index contributed by atoms with van der Waals surface area (Å²) in [5, 5.41) is 3.27. The Morgan fingerprint density at radius 3 is 2.38 bits per heavy atom. The minimum atomic E-state index is -4.40. The predicted octanol–water partition coefficient (Wildman–Crippen LogP) is 4.73. The summed E-state index contributed by atoms with van der Waals surface area (Å²) in [4.78, 5) is 4.46. The smallest absolute Gasteiger partial charge is 0.378 e. The SMILES string of the molecule is C[C@H](Nc1ccc(S(=O)(=O)N(C)CP)cc1-c1cn(C)cn1)c1ccc(C(F)(F)F)cc1. The van der Waals surface area contributed by atoms with Gasteiger partial charge in [-0.2, -0.15) is 17.5 Å². The molecular formula is C21H24F3N4O2PS. The van der Waals surface area contributed by atoms with Crippen LogP contribution in [-0.2, 0) is 23.2 Å². The van der Waals surface area contributed by atoms with Gasteiger partial charge in [0.25, 0.3) is 0 Å². The first-order chi connectivity index (χ1) is 14.9. The van der Waals surface area contributed by atoms with Gasteiger partial charge in [0, 0.05) is 43.9 Å². The molecule has 0 saturated heterocycles. The summed E-state index contributed by atoms with van der Waals surface area (Å²) in [6.45, 7) is 1.82. The first kappa shape index (κ1) is 24.2. The van der Waals surface area contributed by atoms with Crippen LogP contribution in [-0.4, -0.2) is 35.6 Å². The first-order valence-electron chi connectivity index (χ1n) is 9.66. The molecule has 11 heteroatoms. The Hall–Kier alpha value is -2.42. The molecule has 0 spiro atoms. The van der Waals surface area contributed by atoms with Gasteiger partial charge in [0.1, 0.15) is 0 Å². The van der Waals surface area contributed by atoms with Gasteiger partial charge in [-0.3, -0.25) is 0 Å². The number of nitrogens with one attached hydrogen (secondary N) is 1. The average Bonchev–Trinajstić information content (AvgIpc) is 3.18. The summed E-state index contributed by atoms with van der Waals surface area (Å²) >= 11 is 0. The molecule has 0 amide bonds.